The number of hydrogen-bond acceptors (Lipinski definition) is 2. The minimum atomic E-state index is 0.885. The lowest BCUT2D eigenvalue weighted by atomic mass is 9.98. The highest BCUT2D eigenvalue weighted by Gasteiger charge is 2.18. The van der Waals surface area contributed by atoms with Crippen LogP contribution in [0.4, 0.5) is 5.69 Å². The molecule has 0 unspecified atom stereocenters. The molecule has 28 heavy (non-hydrogen) atoms. The summed E-state index contributed by atoms with van der Waals surface area (Å²) in [6.07, 6.45) is 5.17. The van der Waals surface area contributed by atoms with Crippen LogP contribution in [0.1, 0.15) is 24.5 Å². The zero-order chi connectivity index (χ0) is 18.8. The first kappa shape index (κ1) is 15.6. The van der Waals surface area contributed by atoms with Gasteiger partial charge in [0.15, 0.2) is 0 Å². The lowest BCUT2D eigenvalue weighted by molar-refractivity contribution is 1.30. The molecule has 0 amide bonds. The predicted octanol–water partition coefficient (Wildman–Crippen LogP) is 6.61. The number of aliphatic imine (C=N–C) groups is 1. The molecule has 0 radical (unpaired) electrons. The van der Waals surface area contributed by atoms with Gasteiger partial charge in [0.2, 0.25) is 0 Å². The van der Waals surface area contributed by atoms with Gasteiger partial charge in [-0.3, -0.25) is 9.39 Å². The van der Waals surface area contributed by atoms with Gasteiger partial charge in [-0.2, -0.15) is 0 Å². The number of aromatic nitrogens is 2. The highest BCUT2D eigenvalue weighted by atomic mass is 15.0. The largest absolute Gasteiger partial charge is 0.292 e. The third-order valence-corrected chi connectivity index (χ3v) is 5.73. The zero-order valence-electron chi connectivity index (χ0n) is 15.9. The number of allylic oxidation sites excluding steroid dienone is 1. The van der Waals surface area contributed by atoms with Crippen LogP contribution in [0.3, 0.4) is 0 Å². The van der Waals surface area contributed by atoms with E-state index in [1.54, 1.807) is 0 Å². The van der Waals surface area contributed by atoms with Gasteiger partial charge < -0.3 is 0 Å². The predicted molar refractivity (Wildman–Crippen MR) is 119 cm³/mol. The van der Waals surface area contributed by atoms with Crippen LogP contribution in [-0.4, -0.2) is 15.6 Å². The molecule has 0 N–H and O–H groups in total. The minimum Gasteiger partial charge on any atom is -0.292 e. The average molecular weight is 361 g/mol. The van der Waals surface area contributed by atoms with E-state index in [0.717, 1.165) is 28.8 Å². The van der Waals surface area contributed by atoms with Gasteiger partial charge in [-0.25, -0.2) is 4.98 Å². The summed E-state index contributed by atoms with van der Waals surface area (Å²) in [6.45, 7) is 4.32. The van der Waals surface area contributed by atoms with Crippen molar-refractivity contribution in [2.75, 3.05) is 0 Å². The zero-order valence-corrected chi connectivity index (χ0v) is 15.9. The summed E-state index contributed by atoms with van der Waals surface area (Å²) in [5, 5.41) is 3.67. The summed E-state index contributed by atoms with van der Waals surface area (Å²) in [5.74, 6) is 0. The standard InChI is InChI=1S/C25H19N3/c1-15-7-8-17-18-9-10-20-19(13-16(2)11-12-26-20)24(18)25-27-21-5-3-4-6-22(21)28(25)23(17)14-15/h3-10,12-14H,11H2,1-2H3. The number of imidazole rings is 1. The van der Waals surface area contributed by atoms with E-state index in [4.69, 9.17) is 9.98 Å². The van der Waals surface area contributed by atoms with Crippen LogP contribution in [-0.2, 0) is 0 Å². The summed E-state index contributed by atoms with van der Waals surface area (Å²) in [6, 6.07) is 19.4. The molecule has 3 aromatic carbocycles. The van der Waals surface area contributed by atoms with Crippen LogP contribution in [0.5, 0.6) is 0 Å². The smallest absolute Gasteiger partial charge is 0.147 e. The molecule has 5 aromatic rings. The van der Waals surface area contributed by atoms with Crippen molar-refractivity contribution in [1.82, 2.24) is 9.38 Å². The van der Waals surface area contributed by atoms with Gasteiger partial charge in [-0.1, -0.05) is 42.0 Å². The van der Waals surface area contributed by atoms with Crippen LogP contribution >= 0.6 is 0 Å². The summed E-state index contributed by atoms with van der Waals surface area (Å²) >= 11 is 0. The Morgan fingerprint density at radius 1 is 0.893 bits per heavy atom. The van der Waals surface area contributed by atoms with E-state index in [2.05, 4.69) is 78.9 Å². The van der Waals surface area contributed by atoms with Crippen molar-refractivity contribution in [3.63, 3.8) is 0 Å². The third-order valence-electron chi connectivity index (χ3n) is 5.73. The Hall–Kier alpha value is -3.46. The summed E-state index contributed by atoms with van der Waals surface area (Å²) in [4.78, 5) is 9.80. The molecule has 0 saturated carbocycles. The van der Waals surface area contributed by atoms with E-state index in [0.29, 0.717) is 0 Å². The highest BCUT2D eigenvalue weighted by Crippen LogP contribution is 2.39. The van der Waals surface area contributed by atoms with Crippen LogP contribution in [0.15, 0.2) is 65.2 Å². The number of fused-ring (bicyclic) bond motifs is 10. The van der Waals surface area contributed by atoms with Gasteiger partial charge in [-0.05, 0) is 49.1 Å². The topological polar surface area (TPSA) is 29.7 Å². The van der Waals surface area contributed by atoms with E-state index >= 15 is 0 Å². The quantitative estimate of drug-likeness (QED) is 0.285. The SMILES string of the molecule is CC1=Cc2c(ccc3c4ccc(C)cc4n4c5ccccc5nc4c23)N=CC1. The first-order valence-electron chi connectivity index (χ1n) is 9.67. The second-order valence-corrected chi connectivity index (χ2v) is 7.71. The molecule has 0 aliphatic carbocycles. The summed E-state index contributed by atoms with van der Waals surface area (Å²) < 4.78 is 2.32. The van der Waals surface area contributed by atoms with Crippen LogP contribution < -0.4 is 0 Å². The Morgan fingerprint density at radius 3 is 2.68 bits per heavy atom. The summed E-state index contributed by atoms with van der Waals surface area (Å²) in [5.41, 5.74) is 9.13. The molecule has 3 nitrogen and oxygen atoms in total. The highest BCUT2D eigenvalue weighted by molar-refractivity contribution is 6.18. The molecule has 3 heteroatoms. The molecule has 0 bridgehead atoms. The normalized spacial score (nSPS) is 14.0. The third kappa shape index (κ3) is 2.04. The molecule has 0 atom stereocenters. The number of pyridine rings is 1. The van der Waals surface area contributed by atoms with Gasteiger partial charge in [0.1, 0.15) is 5.65 Å². The maximum absolute atomic E-state index is 5.07. The Morgan fingerprint density at radius 2 is 1.75 bits per heavy atom. The molecule has 0 saturated heterocycles. The lowest BCUT2D eigenvalue weighted by Gasteiger charge is -2.13. The van der Waals surface area contributed by atoms with E-state index < -0.39 is 0 Å². The van der Waals surface area contributed by atoms with Gasteiger partial charge in [0.25, 0.3) is 0 Å². The fourth-order valence-electron chi connectivity index (χ4n) is 4.42. The maximum Gasteiger partial charge on any atom is 0.147 e. The van der Waals surface area contributed by atoms with Crippen molar-refractivity contribution in [3.05, 3.63) is 71.3 Å². The Kier molecular flexibility index (Phi) is 3.07. The van der Waals surface area contributed by atoms with Crippen molar-refractivity contribution in [3.8, 4) is 0 Å². The Bertz CT molecular complexity index is 1500. The molecule has 0 spiro atoms. The molecular formula is C25H19N3. The first-order valence-corrected chi connectivity index (χ1v) is 9.67. The minimum absolute atomic E-state index is 0.885. The van der Waals surface area contributed by atoms with Gasteiger partial charge in [0, 0.05) is 29.0 Å². The van der Waals surface area contributed by atoms with Crippen LogP contribution in [0.2, 0.25) is 0 Å². The van der Waals surface area contributed by atoms with Crippen LogP contribution in [0, 0.1) is 6.92 Å². The molecule has 134 valence electrons. The number of benzene rings is 3. The number of aryl methyl sites for hydroxylation is 1. The van der Waals surface area contributed by atoms with Crippen molar-refractivity contribution in [1.29, 1.82) is 0 Å². The molecule has 6 rings (SSSR count). The van der Waals surface area contributed by atoms with Crippen molar-refractivity contribution < 1.29 is 0 Å². The lowest BCUT2D eigenvalue weighted by Crippen LogP contribution is -1.94. The fourth-order valence-corrected chi connectivity index (χ4v) is 4.42. The average Bonchev–Trinajstić information content (AvgIpc) is 2.97. The van der Waals surface area contributed by atoms with Crippen LogP contribution in [0.25, 0.3) is 44.4 Å². The molecule has 1 aliphatic rings. The van der Waals surface area contributed by atoms with E-state index in [9.17, 15) is 0 Å². The Labute approximate surface area is 162 Å². The Balaban J connectivity index is 1.98. The first-order chi connectivity index (χ1) is 13.7. The number of hydrogen-bond donors (Lipinski definition) is 0. The maximum atomic E-state index is 5.07. The van der Waals surface area contributed by atoms with Gasteiger partial charge in [0.05, 0.1) is 22.2 Å². The molecule has 0 fully saturated rings. The number of rotatable bonds is 0. The molecule has 3 heterocycles. The van der Waals surface area contributed by atoms with E-state index in [-0.39, 0.29) is 0 Å². The molecule has 2 aromatic heterocycles. The molecule has 1 aliphatic heterocycles. The van der Waals surface area contributed by atoms with Gasteiger partial charge >= 0.3 is 0 Å². The van der Waals surface area contributed by atoms with Crippen molar-refractivity contribution in [2.24, 2.45) is 4.99 Å². The van der Waals surface area contributed by atoms with Crippen molar-refractivity contribution >= 4 is 56.3 Å². The van der Waals surface area contributed by atoms with E-state index in [1.807, 2.05) is 6.21 Å². The van der Waals surface area contributed by atoms with Crippen molar-refractivity contribution in [2.45, 2.75) is 20.3 Å². The monoisotopic (exact) mass is 361 g/mol. The van der Waals surface area contributed by atoms with E-state index in [1.165, 1.54) is 38.4 Å². The molecular weight excluding hydrogens is 342 g/mol. The second kappa shape index (κ2) is 5.52. The number of nitrogens with zero attached hydrogens (tertiary/aromatic N) is 3. The number of para-hydroxylation sites is 2. The fraction of sp³-hybridized carbons (Fsp3) is 0.120. The summed E-state index contributed by atoms with van der Waals surface area (Å²) in [7, 11) is 0. The van der Waals surface area contributed by atoms with Gasteiger partial charge in [-0.15, -0.1) is 0 Å². The second-order valence-electron chi connectivity index (χ2n) is 7.71.